The Morgan fingerprint density at radius 2 is 1.88 bits per heavy atom. The number of hydrogen-bond donors (Lipinski definition) is 2. The normalized spacial score (nSPS) is 22.9. The third-order valence-electron chi connectivity index (χ3n) is 5.49. The van der Waals surface area contributed by atoms with Gasteiger partial charge in [-0.3, -0.25) is 9.59 Å². The molecule has 2 amide bonds. The van der Waals surface area contributed by atoms with E-state index in [4.69, 9.17) is 0 Å². The fourth-order valence-electron chi connectivity index (χ4n) is 3.98. The van der Waals surface area contributed by atoms with Crippen LogP contribution in [0.4, 0.5) is 5.69 Å². The molecule has 1 aromatic rings. The number of aryl methyl sites for hydroxylation is 2. The van der Waals surface area contributed by atoms with Crippen molar-refractivity contribution in [2.24, 2.45) is 5.92 Å². The van der Waals surface area contributed by atoms with Crippen molar-refractivity contribution in [3.8, 4) is 0 Å². The molecule has 1 heterocycles. The first-order valence-electron chi connectivity index (χ1n) is 9.78. The summed E-state index contributed by atoms with van der Waals surface area (Å²) in [6.45, 7) is 13.1. The second-order valence-electron chi connectivity index (χ2n) is 8.04. The van der Waals surface area contributed by atoms with E-state index in [1.807, 2.05) is 45.9 Å². The highest BCUT2D eigenvalue weighted by Crippen LogP contribution is 2.25. The molecule has 2 rings (SSSR count). The highest BCUT2D eigenvalue weighted by atomic mass is 16.2. The van der Waals surface area contributed by atoms with Gasteiger partial charge in [0, 0.05) is 11.7 Å². The third-order valence-corrected chi connectivity index (χ3v) is 5.49. The van der Waals surface area contributed by atoms with Gasteiger partial charge in [-0.25, -0.2) is 0 Å². The summed E-state index contributed by atoms with van der Waals surface area (Å²) in [7, 11) is 0. The number of carbonyl (C=O) groups is 2. The molecule has 144 valence electrons. The zero-order valence-electron chi connectivity index (χ0n) is 16.9. The van der Waals surface area contributed by atoms with Gasteiger partial charge in [0.1, 0.15) is 0 Å². The average molecular weight is 361 g/mol. The van der Waals surface area contributed by atoms with Crippen LogP contribution in [0.3, 0.4) is 0 Å². The number of carbonyl (C=O) groups excluding carboxylic acids is 2. The summed E-state index contributed by atoms with van der Waals surface area (Å²) in [6.07, 6.45) is 1.90. The summed E-state index contributed by atoms with van der Waals surface area (Å²) < 4.78 is 0.687. The van der Waals surface area contributed by atoms with Crippen molar-refractivity contribution >= 4 is 17.5 Å². The Morgan fingerprint density at radius 3 is 2.46 bits per heavy atom. The smallest absolute Gasteiger partial charge is 0.279 e. The van der Waals surface area contributed by atoms with E-state index >= 15 is 0 Å². The van der Waals surface area contributed by atoms with Crippen LogP contribution in [0.25, 0.3) is 0 Å². The maximum absolute atomic E-state index is 12.8. The minimum Gasteiger partial charge on any atom is -0.353 e. The Balaban J connectivity index is 2.06. The van der Waals surface area contributed by atoms with E-state index in [1.54, 1.807) is 0 Å². The molecule has 1 aromatic carbocycles. The van der Waals surface area contributed by atoms with Crippen LogP contribution in [0, 0.1) is 19.8 Å². The lowest BCUT2D eigenvalue weighted by Gasteiger charge is -2.43. The number of nitrogens with zero attached hydrogens (tertiary/aromatic N) is 1. The van der Waals surface area contributed by atoms with Crippen molar-refractivity contribution in [3.05, 3.63) is 29.3 Å². The predicted octanol–water partition coefficient (Wildman–Crippen LogP) is 3.01. The second kappa shape index (κ2) is 8.67. The molecule has 1 aliphatic heterocycles. The Labute approximate surface area is 157 Å². The molecule has 2 unspecified atom stereocenters. The van der Waals surface area contributed by atoms with Gasteiger partial charge in [-0.05, 0) is 58.6 Å². The van der Waals surface area contributed by atoms with Crippen LogP contribution in [0.5, 0.6) is 0 Å². The van der Waals surface area contributed by atoms with Crippen LogP contribution >= 0.6 is 0 Å². The number of rotatable bonds is 6. The van der Waals surface area contributed by atoms with Crippen molar-refractivity contribution in [2.75, 3.05) is 31.5 Å². The molecule has 0 spiro atoms. The summed E-state index contributed by atoms with van der Waals surface area (Å²) >= 11 is 0. The number of likely N-dealkylation sites (tertiary alicyclic amines) is 1. The monoisotopic (exact) mass is 360 g/mol. The first-order valence-corrected chi connectivity index (χ1v) is 9.78. The van der Waals surface area contributed by atoms with Crippen molar-refractivity contribution < 1.29 is 14.1 Å². The Bertz CT molecular complexity index is 636. The molecule has 0 saturated carbocycles. The van der Waals surface area contributed by atoms with E-state index in [-0.39, 0.29) is 23.8 Å². The number of hydrogen-bond acceptors (Lipinski definition) is 2. The Morgan fingerprint density at radius 1 is 1.23 bits per heavy atom. The lowest BCUT2D eigenvalue weighted by Crippen LogP contribution is -2.59. The molecule has 0 aliphatic carbocycles. The number of amides is 2. The number of para-hydroxylation sites is 1. The van der Waals surface area contributed by atoms with Crippen LogP contribution in [0.1, 0.15) is 44.7 Å². The molecule has 26 heavy (non-hydrogen) atoms. The first-order chi connectivity index (χ1) is 12.3. The molecule has 0 bridgehead atoms. The molecule has 5 heteroatoms. The van der Waals surface area contributed by atoms with Crippen LogP contribution in [-0.2, 0) is 9.59 Å². The molecule has 2 N–H and O–H groups in total. The van der Waals surface area contributed by atoms with Gasteiger partial charge in [0.2, 0.25) is 5.91 Å². The number of nitrogens with one attached hydrogen (secondary N) is 2. The van der Waals surface area contributed by atoms with Gasteiger partial charge in [-0.1, -0.05) is 18.2 Å². The van der Waals surface area contributed by atoms with Crippen molar-refractivity contribution in [3.63, 3.8) is 0 Å². The number of likely N-dealkylation sites (N-methyl/N-ethyl adjacent to an activating group) is 1. The van der Waals surface area contributed by atoms with Gasteiger partial charge in [-0.2, -0.15) is 0 Å². The predicted molar refractivity (Wildman–Crippen MR) is 106 cm³/mol. The molecule has 0 aromatic heterocycles. The van der Waals surface area contributed by atoms with Crippen LogP contribution in [0.15, 0.2) is 18.2 Å². The maximum atomic E-state index is 12.8. The average Bonchev–Trinajstić information content (AvgIpc) is 2.58. The minimum atomic E-state index is -0.000836. The van der Waals surface area contributed by atoms with Crippen molar-refractivity contribution in [1.82, 2.24) is 5.32 Å². The van der Waals surface area contributed by atoms with Gasteiger partial charge in [0.15, 0.2) is 6.54 Å². The van der Waals surface area contributed by atoms with Crippen LogP contribution in [-0.4, -0.2) is 48.5 Å². The fourth-order valence-corrected chi connectivity index (χ4v) is 3.98. The van der Waals surface area contributed by atoms with E-state index in [0.717, 1.165) is 49.3 Å². The van der Waals surface area contributed by atoms with E-state index in [2.05, 4.69) is 17.6 Å². The van der Waals surface area contributed by atoms with E-state index in [0.29, 0.717) is 11.0 Å². The summed E-state index contributed by atoms with van der Waals surface area (Å²) in [6, 6.07) is 6.18. The minimum absolute atomic E-state index is 0.000836. The standard InChI is InChI=1S/C21H33N3O2/c1-6-24(12-8-11-18(13-24)21(26)22-15(2)3)14-19(25)23-20-16(4)9-7-10-17(20)5/h7,9-10,15,18H,6,8,11-14H2,1-5H3,(H-,22,23,25,26)/p+1. The first kappa shape index (κ1) is 20.4. The Hall–Kier alpha value is -1.88. The zero-order chi connectivity index (χ0) is 19.3. The molecule has 0 radical (unpaired) electrons. The van der Waals surface area contributed by atoms with Crippen molar-refractivity contribution in [2.45, 2.75) is 53.5 Å². The van der Waals surface area contributed by atoms with Gasteiger partial charge in [-0.15, -0.1) is 0 Å². The van der Waals surface area contributed by atoms with Gasteiger partial charge >= 0.3 is 0 Å². The summed E-state index contributed by atoms with van der Waals surface area (Å²) in [5, 5.41) is 6.14. The number of piperidine rings is 1. The van der Waals surface area contributed by atoms with Gasteiger partial charge < -0.3 is 15.1 Å². The lowest BCUT2D eigenvalue weighted by molar-refractivity contribution is -0.925. The topological polar surface area (TPSA) is 58.2 Å². The second-order valence-corrected chi connectivity index (χ2v) is 8.04. The molecular formula is C21H34N3O2+. The Kier molecular flexibility index (Phi) is 6.81. The summed E-state index contributed by atoms with van der Waals surface area (Å²) in [5.41, 5.74) is 3.07. The molecule has 5 nitrogen and oxygen atoms in total. The zero-order valence-corrected chi connectivity index (χ0v) is 16.9. The number of anilines is 1. The molecule has 1 saturated heterocycles. The molecule has 1 aliphatic rings. The quantitative estimate of drug-likeness (QED) is 0.766. The van der Waals surface area contributed by atoms with E-state index in [9.17, 15) is 9.59 Å². The third kappa shape index (κ3) is 5.07. The SMILES string of the molecule is CC[N+]1(CC(=O)Nc2c(C)cccc2C)CCCC(C(=O)NC(C)C)C1. The van der Waals surface area contributed by atoms with Crippen LogP contribution in [0.2, 0.25) is 0 Å². The highest BCUT2D eigenvalue weighted by molar-refractivity contribution is 5.93. The maximum Gasteiger partial charge on any atom is 0.279 e. The molecular weight excluding hydrogens is 326 g/mol. The van der Waals surface area contributed by atoms with Crippen molar-refractivity contribution in [1.29, 1.82) is 0 Å². The van der Waals surface area contributed by atoms with E-state index < -0.39 is 0 Å². The van der Waals surface area contributed by atoms with Gasteiger partial charge in [0.25, 0.3) is 5.91 Å². The summed E-state index contributed by atoms with van der Waals surface area (Å²) in [5.74, 6) is 0.166. The number of benzene rings is 1. The van der Waals surface area contributed by atoms with Gasteiger partial charge in [0.05, 0.1) is 25.6 Å². The van der Waals surface area contributed by atoms with E-state index in [1.165, 1.54) is 0 Å². The number of quaternary nitrogens is 1. The highest BCUT2D eigenvalue weighted by Gasteiger charge is 2.38. The molecule has 2 atom stereocenters. The summed E-state index contributed by atoms with van der Waals surface area (Å²) in [4.78, 5) is 25.2. The largest absolute Gasteiger partial charge is 0.353 e. The lowest BCUT2D eigenvalue weighted by atomic mass is 9.94. The van der Waals surface area contributed by atoms with Crippen LogP contribution < -0.4 is 10.6 Å². The molecule has 1 fully saturated rings. The fraction of sp³-hybridized carbons (Fsp3) is 0.619.